The average Bonchev–Trinajstić information content (AvgIpc) is 2.59. The summed E-state index contributed by atoms with van der Waals surface area (Å²) in [6.45, 7) is 0.176. The number of fused-ring (bicyclic) bond motifs is 1. The molecule has 0 spiro atoms. The van der Waals surface area contributed by atoms with E-state index in [1.165, 1.54) is 0 Å². The van der Waals surface area contributed by atoms with Gasteiger partial charge in [0.25, 0.3) is 0 Å². The predicted molar refractivity (Wildman–Crippen MR) is 110 cm³/mol. The van der Waals surface area contributed by atoms with Crippen LogP contribution in [0.3, 0.4) is 0 Å². The van der Waals surface area contributed by atoms with E-state index in [1.54, 1.807) is 0 Å². The van der Waals surface area contributed by atoms with Gasteiger partial charge in [-0.15, -0.1) is 0 Å². The van der Waals surface area contributed by atoms with E-state index in [-0.39, 0.29) is 52.9 Å². The zero-order valence-electron chi connectivity index (χ0n) is 16.1. The van der Waals surface area contributed by atoms with Crippen LogP contribution in [0.2, 0.25) is 0 Å². The molecule has 0 amide bonds. The van der Waals surface area contributed by atoms with Crippen LogP contribution in [-0.2, 0) is 16.5 Å². The summed E-state index contributed by atoms with van der Waals surface area (Å²) in [5, 5.41) is 2.96. The molecule has 1 aliphatic heterocycles. The van der Waals surface area contributed by atoms with Gasteiger partial charge in [0, 0.05) is 24.5 Å². The summed E-state index contributed by atoms with van der Waals surface area (Å²) >= 11 is 9.97. The largest absolute Gasteiger partial charge is 1.00 e. The van der Waals surface area contributed by atoms with Crippen molar-refractivity contribution in [1.29, 1.82) is 0 Å². The molecule has 0 fully saturated rings. The minimum absolute atomic E-state index is 0. The van der Waals surface area contributed by atoms with E-state index in [4.69, 9.17) is 29.2 Å². The smallest absolute Gasteiger partial charge is 0.748 e. The molecule has 1 aromatic heterocycles. The molecule has 3 rings (SSSR count). The fourth-order valence-electron chi connectivity index (χ4n) is 3.19. The molecule has 29 heavy (non-hydrogen) atoms. The van der Waals surface area contributed by atoms with Crippen LogP contribution in [-0.4, -0.2) is 53.5 Å². The molecular weight excluding hydrogens is 445 g/mol. The molecule has 3 N–H and O–H groups in total. The number of hydrogen-bond donors (Lipinski definition) is 3. The van der Waals surface area contributed by atoms with E-state index in [1.807, 2.05) is 30.1 Å². The van der Waals surface area contributed by atoms with Gasteiger partial charge in [0.1, 0.15) is 5.75 Å². The molecular formula is C16H20N5NaO4S3. The van der Waals surface area contributed by atoms with E-state index in [2.05, 4.69) is 20.3 Å². The van der Waals surface area contributed by atoms with Gasteiger partial charge in [0.05, 0.1) is 10.1 Å². The molecule has 0 bridgehead atoms. The quantitative estimate of drug-likeness (QED) is 0.211. The Morgan fingerprint density at radius 2 is 2.14 bits per heavy atom. The van der Waals surface area contributed by atoms with Crippen molar-refractivity contribution in [3.8, 4) is 5.75 Å². The maximum absolute atomic E-state index is 10.9. The van der Waals surface area contributed by atoms with Crippen LogP contribution < -0.4 is 44.5 Å². The van der Waals surface area contributed by atoms with Crippen LogP contribution >= 0.6 is 24.4 Å². The molecule has 152 valence electrons. The number of ether oxygens (including phenoxy) is 1. The molecule has 1 aliphatic rings. The summed E-state index contributed by atoms with van der Waals surface area (Å²) in [7, 11) is -2.28. The molecule has 2 aromatic rings. The van der Waals surface area contributed by atoms with Crippen molar-refractivity contribution in [3.05, 3.63) is 33.3 Å². The topological polar surface area (TPSA) is 126 Å². The number of nitrogens with zero attached hydrogens (tertiary/aromatic N) is 2. The first-order chi connectivity index (χ1) is 13.2. The van der Waals surface area contributed by atoms with E-state index in [9.17, 15) is 13.0 Å². The minimum atomic E-state index is -4.20. The number of aryl methyl sites for hydroxylation is 1. The Bertz CT molecular complexity index is 1040. The van der Waals surface area contributed by atoms with Gasteiger partial charge >= 0.3 is 29.6 Å². The summed E-state index contributed by atoms with van der Waals surface area (Å²) in [5.41, 5.74) is 2.13. The van der Waals surface area contributed by atoms with Crippen LogP contribution in [0.15, 0.2) is 18.2 Å². The van der Waals surface area contributed by atoms with Gasteiger partial charge in [-0.25, -0.2) is 8.42 Å². The number of aromatic amines is 2. The van der Waals surface area contributed by atoms with Gasteiger partial charge < -0.3 is 29.5 Å². The van der Waals surface area contributed by atoms with Gasteiger partial charge in [0.15, 0.2) is 11.5 Å². The average molecular weight is 466 g/mol. The second-order valence-corrected chi connectivity index (χ2v) is 8.77. The summed E-state index contributed by atoms with van der Waals surface area (Å²) in [5.74, 6) is 0.771. The van der Waals surface area contributed by atoms with Crippen molar-refractivity contribution >= 4 is 46.2 Å². The maximum Gasteiger partial charge on any atom is 1.00 e. The Hall–Kier alpha value is -1.02. The Kier molecular flexibility index (Phi) is 8.64. The number of anilines is 2. The van der Waals surface area contributed by atoms with Crippen molar-refractivity contribution in [2.24, 2.45) is 0 Å². The van der Waals surface area contributed by atoms with Gasteiger partial charge in [-0.05, 0) is 67.5 Å². The van der Waals surface area contributed by atoms with Crippen LogP contribution in [0.4, 0.5) is 11.6 Å². The predicted octanol–water partition coefficient (Wildman–Crippen LogP) is -0.665. The van der Waals surface area contributed by atoms with E-state index < -0.39 is 10.1 Å². The first kappa shape index (κ1) is 24.3. The van der Waals surface area contributed by atoms with E-state index >= 15 is 0 Å². The third kappa shape index (κ3) is 7.02. The third-order valence-corrected chi connectivity index (χ3v) is 5.70. The molecule has 2 heterocycles. The molecule has 0 radical (unpaired) electrons. The summed E-state index contributed by atoms with van der Waals surface area (Å²) in [4.78, 5) is 11.6. The zero-order chi connectivity index (χ0) is 20.3. The number of hydrogen-bond acceptors (Lipinski definition) is 9. The number of rotatable bonds is 7. The molecule has 9 nitrogen and oxygen atoms in total. The molecule has 1 unspecified atom stereocenters. The molecule has 13 heteroatoms. The van der Waals surface area contributed by atoms with Crippen molar-refractivity contribution in [2.45, 2.75) is 25.3 Å². The summed E-state index contributed by atoms with van der Waals surface area (Å²) in [6, 6.07) is 5.77. The second-order valence-electron chi connectivity index (χ2n) is 6.45. The third-order valence-electron chi connectivity index (χ3n) is 4.57. The molecule has 0 aliphatic carbocycles. The monoisotopic (exact) mass is 465 g/mol. The van der Waals surface area contributed by atoms with Crippen LogP contribution in [0, 0.1) is 9.54 Å². The molecule has 0 saturated carbocycles. The SMILES string of the molecule is CN1c2ccc(OCNc3nc(=S)[nH]c(=S)[nH]3)cc2CCC1CCS(=O)(=O)[O-].[Na+]. The number of H-pyrrole nitrogens is 2. The van der Waals surface area contributed by atoms with Crippen molar-refractivity contribution in [3.63, 3.8) is 0 Å². The molecule has 1 atom stereocenters. The van der Waals surface area contributed by atoms with Gasteiger partial charge in [-0.1, -0.05) is 0 Å². The second kappa shape index (κ2) is 10.3. The van der Waals surface area contributed by atoms with Crippen LogP contribution in [0.25, 0.3) is 0 Å². The normalized spacial score (nSPS) is 15.9. The number of benzene rings is 1. The maximum atomic E-state index is 10.9. The summed E-state index contributed by atoms with van der Waals surface area (Å²) in [6.07, 6.45) is 1.90. The molecule has 0 saturated heterocycles. The number of nitrogens with one attached hydrogen (secondary N) is 3. The van der Waals surface area contributed by atoms with E-state index in [0.29, 0.717) is 22.9 Å². The Morgan fingerprint density at radius 1 is 1.38 bits per heavy atom. The first-order valence-corrected chi connectivity index (χ1v) is 11.0. The zero-order valence-corrected chi connectivity index (χ0v) is 20.5. The Morgan fingerprint density at radius 3 is 2.83 bits per heavy atom. The van der Waals surface area contributed by atoms with Crippen molar-refractivity contribution < 1.29 is 47.3 Å². The van der Waals surface area contributed by atoms with Gasteiger partial charge in [-0.2, -0.15) is 4.98 Å². The van der Waals surface area contributed by atoms with Crippen LogP contribution in [0.5, 0.6) is 5.75 Å². The van der Waals surface area contributed by atoms with Crippen molar-refractivity contribution in [2.75, 3.05) is 29.7 Å². The van der Waals surface area contributed by atoms with Crippen LogP contribution in [0.1, 0.15) is 18.4 Å². The molecule has 1 aromatic carbocycles. The summed E-state index contributed by atoms with van der Waals surface area (Å²) < 4.78 is 39.1. The van der Waals surface area contributed by atoms with Gasteiger partial charge in [-0.3, -0.25) is 0 Å². The van der Waals surface area contributed by atoms with E-state index in [0.717, 1.165) is 24.1 Å². The standard InChI is InChI=1S/C16H21N5O4S3.Na/c1-21-11(6-7-28(22,23)24)3-2-10-8-12(4-5-13(10)21)25-9-17-14-18-15(26)20-16(27)19-14;/h4-5,8,11H,2-3,6-7,9H2,1H3,(H,22,23,24)(H3,17,18,19,20,26,27);/q;+1/p-1. The van der Waals surface area contributed by atoms with Crippen molar-refractivity contribution in [1.82, 2.24) is 15.0 Å². The Labute approximate surface area is 201 Å². The minimum Gasteiger partial charge on any atom is -0.748 e. The first-order valence-electron chi connectivity index (χ1n) is 8.58. The number of aromatic nitrogens is 3. The fraction of sp³-hybridized carbons (Fsp3) is 0.438. The Balaban J connectivity index is 0.00000300. The fourth-order valence-corrected chi connectivity index (χ4v) is 4.20. The van der Waals surface area contributed by atoms with Gasteiger partial charge in [0.2, 0.25) is 10.7 Å².